The Hall–Kier alpha value is -3.22. The Kier molecular flexibility index (Phi) is 4.84. The summed E-state index contributed by atoms with van der Waals surface area (Å²) in [5.74, 6) is -1.27. The number of nitrogens with zero attached hydrogens (tertiary/aromatic N) is 2. The van der Waals surface area contributed by atoms with Crippen LogP contribution in [0.3, 0.4) is 0 Å². The molecule has 0 N–H and O–H groups in total. The minimum absolute atomic E-state index is 0.0674. The highest BCUT2D eigenvalue weighted by molar-refractivity contribution is 6.21. The minimum Gasteiger partial charge on any atom is -0.444 e. The average Bonchev–Trinajstić information content (AvgIpc) is 2.92. The molecule has 0 aromatic heterocycles. The number of hydrogen-bond donors (Lipinski definition) is 0. The topological polar surface area (TPSA) is 66.9 Å². The molecule has 2 aromatic carbocycles. The van der Waals surface area contributed by atoms with Crippen LogP contribution in [0.5, 0.6) is 0 Å². The molecule has 0 saturated heterocycles. The van der Waals surface area contributed by atoms with Gasteiger partial charge in [-0.25, -0.2) is 9.18 Å². The van der Waals surface area contributed by atoms with Gasteiger partial charge in [0.25, 0.3) is 11.8 Å². The van der Waals surface area contributed by atoms with Crippen molar-refractivity contribution in [3.8, 4) is 0 Å². The van der Waals surface area contributed by atoms with E-state index < -0.39 is 35.4 Å². The number of carbonyl (C=O) groups is 3. The van der Waals surface area contributed by atoms with E-state index in [1.165, 1.54) is 17.0 Å². The number of amides is 3. The summed E-state index contributed by atoms with van der Waals surface area (Å²) in [7, 11) is 0. The van der Waals surface area contributed by atoms with Crippen LogP contribution in [0.4, 0.5) is 9.18 Å². The molecule has 0 aliphatic carbocycles. The third kappa shape index (κ3) is 3.56. The molecule has 0 saturated carbocycles. The van der Waals surface area contributed by atoms with Crippen molar-refractivity contribution in [1.29, 1.82) is 0 Å². The zero-order valence-corrected chi connectivity index (χ0v) is 17.1. The molecule has 2 aliphatic heterocycles. The first-order valence-electron chi connectivity index (χ1n) is 9.89. The van der Waals surface area contributed by atoms with Gasteiger partial charge >= 0.3 is 6.09 Å². The molecule has 0 unspecified atom stereocenters. The van der Waals surface area contributed by atoms with E-state index in [1.807, 2.05) is 0 Å². The van der Waals surface area contributed by atoms with Gasteiger partial charge in [0.2, 0.25) is 0 Å². The molecule has 2 aromatic rings. The highest BCUT2D eigenvalue weighted by atomic mass is 19.1. The second-order valence-electron chi connectivity index (χ2n) is 8.55. The normalized spacial score (nSPS) is 18.3. The predicted molar refractivity (Wildman–Crippen MR) is 108 cm³/mol. The van der Waals surface area contributed by atoms with Gasteiger partial charge in [-0.15, -0.1) is 0 Å². The number of rotatable bonds is 2. The van der Waals surface area contributed by atoms with Crippen molar-refractivity contribution in [2.24, 2.45) is 0 Å². The highest BCUT2D eigenvalue weighted by Gasteiger charge is 2.41. The van der Waals surface area contributed by atoms with Crippen LogP contribution in [0.25, 0.3) is 0 Å². The largest absolute Gasteiger partial charge is 0.444 e. The van der Waals surface area contributed by atoms with Gasteiger partial charge in [-0.05, 0) is 62.6 Å². The molecule has 3 amide bonds. The van der Waals surface area contributed by atoms with Crippen molar-refractivity contribution < 1.29 is 23.5 Å². The lowest BCUT2D eigenvalue weighted by Crippen LogP contribution is -2.48. The Morgan fingerprint density at radius 2 is 1.73 bits per heavy atom. The van der Waals surface area contributed by atoms with Gasteiger partial charge in [-0.3, -0.25) is 19.4 Å². The predicted octanol–water partition coefficient (Wildman–Crippen LogP) is 3.96. The lowest BCUT2D eigenvalue weighted by atomic mass is 9.92. The molecule has 2 heterocycles. The maximum Gasteiger partial charge on any atom is 0.410 e. The first-order chi connectivity index (χ1) is 14.2. The van der Waals surface area contributed by atoms with E-state index in [2.05, 4.69) is 0 Å². The molecule has 30 heavy (non-hydrogen) atoms. The van der Waals surface area contributed by atoms with Crippen molar-refractivity contribution in [1.82, 2.24) is 9.80 Å². The zero-order valence-electron chi connectivity index (χ0n) is 17.1. The smallest absolute Gasteiger partial charge is 0.410 e. The van der Waals surface area contributed by atoms with Crippen molar-refractivity contribution in [3.63, 3.8) is 0 Å². The van der Waals surface area contributed by atoms with Crippen molar-refractivity contribution in [2.75, 3.05) is 13.1 Å². The number of imide groups is 1. The number of ether oxygens (including phenoxy) is 1. The number of halogens is 1. The SMILES string of the molecule is CC(C)(C)OC(=O)N1CCc2ccc(F)cc2[C@H]1CN1C(=O)c2ccccc2C1=O. The maximum absolute atomic E-state index is 14.1. The fraction of sp³-hybridized carbons (Fsp3) is 0.348. The number of carbonyl (C=O) groups excluding carboxylic acids is 3. The first kappa shape index (κ1) is 20.1. The summed E-state index contributed by atoms with van der Waals surface area (Å²) in [5.41, 5.74) is 1.43. The second-order valence-corrected chi connectivity index (χ2v) is 8.55. The summed E-state index contributed by atoms with van der Waals surface area (Å²) in [4.78, 5) is 41.2. The van der Waals surface area contributed by atoms with Gasteiger partial charge in [-0.2, -0.15) is 0 Å². The molecule has 0 bridgehead atoms. The Bertz CT molecular complexity index is 1010. The van der Waals surface area contributed by atoms with Crippen LogP contribution in [0, 0.1) is 5.82 Å². The number of benzene rings is 2. The van der Waals surface area contributed by atoms with E-state index in [0.29, 0.717) is 29.7 Å². The average molecular weight is 410 g/mol. The second kappa shape index (κ2) is 7.23. The van der Waals surface area contributed by atoms with Crippen molar-refractivity contribution in [3.05, 3.63) is 70.5 Å². The van der Waals surface area contributed by atoms with E-state index in [9.17, 15) is 18.8 Å². The monoisotopic (exact) mass is 410 g/mol. The van der Waals surface area contributed by atoms with E-state index >= 15 is 0 Å². The van der Waals surface area contributed by atoms with Crippen molar-refractivity contribution >= 4 is 17.9 Å². The van der Waals surface area contributed by atoms with Gasteiger partial charge < -0.3 is 4.74 Å². The molecule has 0 fully saturated rings. The molecule has 2 aliphatic rings. The summed E-state index contributed by atoms with van der Waals surface area (Å²) in [6, 6.07) is 10.4. The number of fused-ring (bicyclic) bond motifs is 2. The summed E-state index contributed by atoms with van der Waals surface area (Å²) in [5, 5.41) is 0. The van der Waals surface area contributed by atoms with E-state index in [-0.39, 0.29) is 6.54 Å². The quantitative estimate of drug-likeness (QED) is 0.703. The van der Waals surface area contributed by atoms with Gasteiger partial charge in [-0.1, -0.05) is 18.2 Å². The van der Waals surface area contributed by atoms with Crippen LogP contribution in [-0.2, 0) is 11.2 Å². The Balaban J connectivity index is 1.70. The van der Waals surface area contributed by atoms with Crippen LogP contribution in [-0.4, -0.2) is 46.4 Å². The molecule has 0 spiro atoms. The third-order valence-electron chi connectivity index (χ3n) is 5.33. The third-order valence-corrected chi connectivity index (χ3v) is 5.33. The molecule has 4 rings (SSSR count). The van der Waals surface area contributed by atoms with Gasteiger partial charge in [0.05, 0.1) is 23.7 Å². The van der Waals surface area contributed by atoms with E-state index in [4.69, 9.17) is 4.74 Å². The van der Waals surface area contributed by atoms with Crippen LogP contribution in [0.2, 0.25) is 0 Å². The highest BCUT2D eigenvalue weighted by Crippen LogP contribution is 2.34. The minimum atomic E-state index is -0.709. The van der Waals surface area contributed by atoms with E-state index in [0.717, 1.165) is 10.5 Å². The molecule has 156 valence electrons. The van der Waals surface area contributed by atoms with Crippen LogP contribution in [0.15, 0.2) is 42.5 Å². The van der Waals surface area contributed by atoms with Gasteiger partial charge in [0.1, 0.15) is 11.4 Å². The summed E-state index contributed by atoms with van der Waals surface area (Å²) < 4.78 is 19.6. The Morgan fingerprint density at radius 1 is 1.10 bits per heavy atom. The maximum atomic E-state index is 14.1. The zero-order chi connectivity index (χ0) is 21.6. The fourth-order valence-electron chi connectivity index (χ4n) is 3.98. The van der Waals surface area contributed by atoms with Crippen molar-refractivity contribution in [2.45, 2.75) is 38.8 Å². The van der Waals surface area contributed by atoms with Crippen LogP contribution < -0.4 is 0 Å². The van der Waals surface area contributed by atoms with E-state index in [1.54, 1.807) is 51.1 Å². The Labute approximate surface area is 174 Å². The van der Waals surface area contributed by atoms with Crippen LogP contribution >= 0.6 is 0 Å². The van der Waals surface area contributed by atoms with Gasteiger partial charge in [0, 0.05) is 6.54 Å². The Morgan fingerprint density at radius 3 is 2.33 bits per heavy atom. The standard InChI is InChI=1S/C23H23FN2O4/c1-23(2,3)30-22(29)25-11-10-14-8-9-15(24)12-18(14)19(25)13-26-20(27)16-6-4-5-7-17(16)21(26)28/h4-9,12,19H,10-11,13H2,1-3H3/t19-/m1/s1. The molecule has 6 nitrogen and oxygen atoms in total. The fourth-order valence-corrected chi connectivity index (χ4v) is 3.98. The molecular formula is C23H23FN2O4. The van der Waals surface area contributed by atoms with Crippen LogP contribution in [0.1, 0.15) is 58.7 Å². The molecule has 1 atom stereocenters. The van der Waals surface area contributed by atoms with Gasteiger partial charge in [0.15, 0.2) is 0 Å². The lowest BCUT2D eigenvalue weighted by Gasteiger charge is -2.39. The summed E-state index contributed by atoms with van der Waals surface area (Å²) >= 11 is 0. The molecule has 0 radical (unpaired) electrons. The summed E-state index contributed by atoms with van der Waals surface area (Å²) in [6.45, 7) is 5.58. The number of hydrogen-bond acceptors (Lipinski definition) is 4. The molecular weight excluding hydrogens is 387 g/mol. The molecule has 7 heteroatoms. The first-order valence-corrected chi connectivity index (χ1v) is 9.89. The lowest BCUT2D eigenvalue weighted by molar-refractivity contribution is 0.00983. The summed E-state index contributed by atoms with van der Waals surface area (Å²) in [6.07, 6.45) is -0.0213.